The number of hydrogen-bond donors (Lipinski definition) is 3. The van der Waals surface area contributed by atoms with Gasteiger partial charge in [-0.15, -0.1) is 0 Å². The quantitative estimate of drug-likeness (QED) is 0.515. The van der Waals surface area contributed by atoms with Crippen LogP contribution in [0.1, 0.15) is 13.3 Å². The van der Waals surface area contributed by atoms with Crippen molar-refractivity contribution in [3.05, 3.63) is 0 Å². The minimum Gasteiger partial charge on any atom is -0.388 e. The molecule has 0 bridgehead atoms. The third kappa shape index (κ3) is 2.00. The molecule has 3 unspecified atom stereocenters. The third-order valence-electron chi connectivity index (χ3n) is 2.30. The lowest BCUT2D eigenvalue weighted by atomic mass is 9.97. The first-order valence-corrected chi connectivity index (χ1v) is 4.34. The molecule has 0 aliphatic carbocycles. The van der Waals surface area contributed by atoms with Crippen molar-refractivity contribution in [2.75, 3.05) is 7.11 Å². The van der Waals surface area contributed by atoms with E-state index in [1.54, 1.807) is 0 Å². The Labute approximate surface area is 76.9 Å². The van der Waals surface area contributed by atoms with Gasteiger partial charge in [0.1, 0.15) is 18.3 Å². The van der Waals surface area contributed by atoms with Crippen molar-refractivity contribution in [1.29, 1.82) is 0 Å². The maximum Gasteiger partial charge on any atom is 0.186 e. The number of ether oxygens (including phenoxy) is 2. The molecule has 0 spiro atoms. The van der Waals surface area contributed by atoms with E-state index >= 15 is 0 Å². The van der Waals surface area contributed by atoms with Crippen LogP contribution in [0.5, 0.6) is 0 Å². The van der Waals surface area contributed by atoms with Crippen LogP contribution in [0.2, 0.25) is 0 Å². The largest absolute Gasteiger partial charge is 0.388 e. The second-order valence-corrected chi connectivity index (χ2v) is 3.16. The highest BCUT2D eigenvalue weighted by Crippen LogP contribution is 2.23. The van der Waals surface area contributed by atoms with E-state index < -0.39 is 30.7 Å². The second-order valence-electron chi connectivity index (χ2n) is 3.16. The highest BCUT2D eigenvalue weighted by atomic mass is 16.7. The van der Waals surface area contributed by atoms with Crippen LogP contribution in [0.4, 0.5) is 0 Å². The van der Waals surface area contributed by atoms with Gasteiger partial charge in [0.2, 0.25) is 0 Å². The Hall–Kier alpha value is -0.200. The highest BCUT2D eigenvalue weighted by Gasteiger charge is 2.42. The maximum absolute atomic E-state index is 9.43. The summed E-state index contributed by atoms with van der Waals surface area (Å²) in [5, 5.41) is 28.2. The first kappa shape index (κ1) is 10.9. The Balaban J connectivity index is 2.66. The molecule has 0 aromatic carbocycles. The normalized spacial score (nSPS) is 46.4. The molecule has 13 heavy (non-hydrogen) atoms. The Morgan fingerprint density at radius 3 is 2.23 bits per heavy atom. The Morgan fingerprint density at radius 2 is 1.77 bits per heavy atom. The fraction of sp³-hybridized carbons (Fsp3) is 1.00. The average molecular weight is 192 g/mol. The lowest BCUT2D eigenvalue weighted by Gasteiger charge is -2.39. The van der Waals surface area contributed by atoms with Crippen molar-refractivity contribution >= 4 is 0 Å². The first-order chi connectivity index (χ1) is 6.11. The van der Waals surface area contributed by atoms with Gasteiger partial charge in [0.15, 0.2) is 6.29 Å². The molecule has 3 N–H and O–H groups in total. The van der Waals surface area contributed by atoms with Crippen molar-refractivity contribution in [3.8, 4) is 0 Å². The molecule has 1 aliphatic heterocycles. The molecule has 0 radical (unpaired) electrons. The van der Waals surface area contributed by atoms with Crippen LogP contribution in [0.3, 0.4) is 0 Å². The zero-order valence-corrected chi connectivity index (χ0v) is 7.75. The van der Waals surface area contributed by atoms with E-state index in [9.17, 15) is 15.3 Å². The van der Waals surface area contributed by atoms with Crippen LogP contribution < -0.4 is 0 Å². The van der Waals surface area contributed by atoms with Crippen molar-refractivity contribution < 1.29 is 24.8 Å². The number of rotatable bonds is 2. The Morgan fingerprint density at radius 1 is 1.15 bits per heavy atom. The fourth-order valence-corrected chi connectivity index (χ4v) is 1.45. The van der Waals surface area contributed by atoms with E-state index in [0.29, 0.717) is 6.42 Å². The van der Waals surface area contributed by atoms with Crippen LogP contribution in [-0.2, 0) is 9.47 Å². The lowest BCUT2D eigenvalue weighted by Crippen LogP contribution is -2.57. The maximum atomic E-state index is 9.43. The molecule has 0 aromatic heterocycles. The molecule has 1 aliphatic rings. The molecule has 1 heterocycles. The summed E-state index contributed by atoms with van der Waals surface area (Å²) in [5.74, 6) is 0. The topological polar surface area (TPSA) is 79.2 Å². The van der Waals surface area contributed by atoms with Crippen LogP contribution in [-0.4, -0.2) is 53.1 Å². The van der Waals surface area contributed by atoms with Gasteiger partial charge < -0.3 is 24.8 Å². The van der Waals surface area contributed by atoms with E-state index in [4.69, 9.17) is 9.47 Å². The Kier molecular flexibility index (Phi) is 3.63. The highest BCUT2D eigenvalue weighted by molar-refractivity contribution is 4.88. The SMILES string of the molecule is CCC1O[C@H](OC)C(O)C(O)[C@@H]1O. The minimum absolute atomic E-state index is 0.483. The second kappa shape index (κ2) is 4.34. The smallest absolute Gasteiger partial charge is 0.186 e. The minimum atomic E-state index is -1.20. The molecular weight excluding hydrogens is 176 g/mol. The summed E-state index contributed by atoms with van der Waals surface area (Å²) in [6, 6.07) is 0. The fourth-order valence-electron chi connectivity index (χ4n) is 1.45. The van der Waals surface area contributed by atoms with Gasteiger partial charge in [-0.3, -0.25) is 0 Å². The molecule has 78 valence electrons. The molecule has 1 rings (SSSR count). The zero-order valence-electron chi connectivity index (χ0n) is 7.75. The molecule has 5 nitrogen and oxygen atoms in total. The van der Waals surface area contributed by atoms with Crippen molar-refractivity contribution in [2.24, 2.45) is 0 Å². The monoisotopic (exact) mass is 192 g/mol. The molecule has 0 aromatic rings. The summed E-state index contributed by atoms with van der Waals surface area (Å²) in [6.45, 7) is 1.82. The number of aliphatic hydroxyl groups excluding tert-OH is 3. The van der Waals surface area contributed by atoms with Crippen LogP contribution in [0, 0.1) is 0 Å². The molecule has 1 saturated heterocycles. The van der Waals surface area contributed by atoms with Gasteiger partial charge in [-0.1, -0.05) is 6.92 Å². The summed E-state index contributed by atoms with van der Waals surface area (Å²) in [6.07, 6.45) is -4.23. The van der Waals surface area contributed by atoms with Crippen LogP contribution >= 0.6 is 0 Å². The van der Waals surface area contributed by atoms with Gasteiger partial charge in [-0.25, -0.2) is 0 Å². The van der Waals surface area contributed by atoms with Crippen molar-refractivity contribution in [2.45, 2.75) is 44.1 Å². The number of methoxy groups -OCH3 is 1. The summed E-state index contributed by atoms with van der Waals surface area (Å²) in [5.41, 5.74) is 0. The van der Waals surface area contributed by atoms with Gasteiger partial charge in [-0.2, -0.15) is 0 Å². The Bertz CT molecular complexity index is 143. The molecule has 5 atom stereocenters. The van der Waals surface area contributed by atoms with Crippen molar-refractivity contribution in [1.82, 2.24) is 0 Å². The number of hydrogen-bond acceptors (Lipinski definition) is 5. The van der Waals surface area contributed by atoms with E-state index in [1.807, 2.05) is 6.92 Å². The van der Waals surface area contributed by atoms with Crippen molar-refractivity contribution in [3.63, 3.8) is 0 Å². The third-order valence-corrected chi connectivity index (χ3v) is 2.30. The average Bonchev–Trinajstić information content (AvgIpc) is 2.15. The van der Waals surface area contributed by atoms with E-state index in [0.717, 1.165) is 0 Å². The summed E-state index contributed by atoms with van der Waals surface area (Å²) in [7, 11) is 1.38. The van der Waals surface area contributed by atoms with Crippen LogP contribution in [0.15, 0.2) is 0 Å². The molecule has 1 fully saturated rings. The zero-order chi connectivity index (χ0) is 10.0. The van der Waals surface area contributed by atoms with Crippen LogP contribution in [0.25, 0.3) is 0 Å². The predicted molar refractivity (Wildman–Crippen MR) is 44.0 cm³/mol. The molecule has 0 saturated carbocycles. The van der Waals surface area contributed by atoms with E-state index in [2.05, 4.69) is 0 Å². The summed E-state index contributed by atoms with van der Waals surface area (Å²) < 4.78 is 10.0. The van der Waals surface area contributed by atoms with Gasteiger partial charge in [0, 0.05) is 7.11 Å². The number of aliphatic hydroxyl groups is 3. The van der Waals surface area contributed by atoms with E-state index in [1.165, 1.54) is 7.11 Å². The lowest BCUT2D eigenvalue weighted by molar-refractivity contribution is -0.290. The van der Waals surface area contributed by atoms with Gasteiger partial charge in [0.25, 0.3) is 0 Å². The first-order valence-electron chi connectivity index (χ1n) is 4.34. The van der Waals surface area contributed by atoms with E-state index in [-0.39, 0.29) is 0 Å². The summed E-state index contributed by atoms with van der Waals surface area (Å²) in [4.78, 5) is 0. The van der Waals surface area contributed by atoms with Gasteiger partial charge in [0.05, 0.1) is 6.10 Å². The predicted octanol–water partition coefficient (Wildman–Crippen LogP) is -1.15. The standard InChI is InChI=1S/C8H16O5/c1-3-4-5(9)6(10)7(11)8(12-2)13-4/h4-11H,3H2,1-2H3/t4?,5-,6?,7?,8+/m1/s1. The molecule has 5 heteroatoms. The summed E-state index contributed by atoms with van der Waals surface area (Å²) >= 11 is 0. The van der Waals surface area contributed by atoms with Gasteiger partial charge in [-0.05, 0) is 6.42 Å². The molecular formula is C8H16O5. The molecule has 0 amide bonds. The van der Waals surface area contributed by atoms with Gasteiger partial charge >= 0.3 is 0 Å².